The van der Waals surface area contributed by atoms with E-state index < -0.39 is 0 Å². The highest BCUT2D eigenvalue weighted by atomic mass is 35.5. The molecular weight excluding hydrogens is 324 g/mol. The molecule has 0 spiro atoms. The van der Waals surface area contributed by atoms with Crippen LogP contribution < -0.4 is 11.3 Å². The fourth-order valence-corrected chi connectivity index (χ4v) is 2.93. The molecule has 0 aliphatic carbocycles. The first kappa shape index (κ1) is 16.1. The first-order valence-corrected chi connectivity index (χ1v) is 7.83. The van der Waals surface area contributed by atoms with E-state index in [-0.39, 0.29) is 11.3 Å². The Morgan fingerprint density at radius 1 is 1.00 bits per heavy atom. The molecule has 0 amide bonds. The topological polar surface area (TPSA) is 79.1 Å². The summed E-state index contributed by atoms with van der Waals surface area (Å²) in [6.07, 6.45) is 0. The minimum absolute atomic E-state index is 0.103. The Hall–Kier alpha value is -2.72. The maximum absolute atomic E-state index is 11.7. The minimum atomic E-state index is -0.206. The van der Waals surface area contributed by atoms with Crippen molar-refractivity contribution in [2.45, 2.75) is 13.8 Å². The first-order chi connectivity index (χ1) is 11.3. The van der Waals surface area contributed by atoms with Crippen molar-refractivity contribution in [1.82, 2.24) is 4.98 Å². The summed E-state index contributed by atoms with van der Waals surface area (Å²) in [5.41, 5.74) is 10.4. The van der Waals surface area contributed by atoms with Gasteiger partial charge in [0.25, 0.3) is 0 Å². The number of aryl methyl sites for hydroxylation is 2. The predicted octanol–water partition coefficient (Wildman–Crippen LogP) is 4.27. The molecule has 0 bridgehead atoms. The van der Waals surface area contributed by atoms with Gasteiger partial charge in [0.15, 0.2) is 0 Å². The smallest absolute Gasteiger partial charge is 0.248 e. The van der Waals surface area contributed by atoms with E-state index in [0.717, 1.165) is 16.8 Å². The summed E-state index contributed by atoms with van der Waals surface area (Å²) in [6.45, 7) is 3.74. The number of nitrogens with two attached hydrogens (primary N) is 1. The number of aromatic nitrogens is 1. The largest absolute Gasteiger partial charge is 0.507 e. The van der Waals surface area contributed by atoms with Crippen molar-refractivity contribution in [3.05, 3.63) is 69.1 Å². The average molecular weight is 341 g/mol. The van der Waals surface area contributed by atoms with Crippen molar-refractivity contribution >= 4 is 17.3 Å². The molecule has 3 rings (SSSR count). The number of pyridine rings is 1. The molecule has 3 aromatic rings. The van der Waals surface area contributed by atoms with Gasteiger partial charge < -0.3 is 15.8 Å². The molecule has 1 heterocycles. The van der Waals surface area contributed by atoms with Gasteiger partial charge >= 0.3 is 0 Å². The Morgan fingerprint density at radius 2 is 1.67 bits per heavy atom. The van der Waals surface area contributed by atoms with Gasteiger partial charge in [-0.3, -0.25) is 4.79 Å². The van der Waals surface area contributed by atoms with Crippen LogP contribution in [-0.4, -0.2) is 10.1 Å². The zero-order chi connectivity index (χ0) is 17.4. The molecule has 2 aromatic carbocycles. The van der Waals surface area contributed by atoms with Crippen LogP contribution in [0.2, 0.25) is 5.02 Å². The molecule has 5 heteroatoms. The van der Waals surface area contributed by atoms with Crippen molar-refractivity contribution in [2.75, 3.05) is 5.73 Å². The molecule has 0 radical (unpaired) electrons. The second kappa shape index (κ2) is 6.06. The molecule has 4 N–H and O–H groups in total. The van der Waals surface area contributed by atoms with Crippen molar-refractivity contribution in [1.29, 1.82) is 0 Å². The molecule has 0 aliphatic rings. The highest BCUT2D eigenvalue weighted by Crippen LogP contribution is 2.40. The van der Waals surface area contributed by atoms with Gasteiger partial charge in [-0.2, -0.15) is 0 Å². The SMILES string of the molecule is Cc1cc(-c2ccc(N)c(Cl)c2)c(O)c(-c2cc(C)[nH]c(=O)c2)c1. The number of hydrogen-bond donors (Lipinski definition) is 3. The molecule has 0 saturated carbocycles. The number of phenols is 1. The van der Waals surface area contributed by atoms with E-state index in [0.29, 0.717) is 27.4 Å². The summed E-state index contributed by atoms with van der Waals surface area (Å²) < 4.78 is 0. The van der Waals surface area contributed by atoms with Gasteiger partial charge in [-0.1, -0.05) is 17.7 Å². The van der Waals surface area contributed by atoms with Crippen LogP contribution in [0.5, 0.6) is 5.75 Å². The van der Waals surface area contributed by atoms with E-state index in [4.69, 9.17) is 17.3 Å². The third-order valence-corrected chi connectivity index (χ3v) is 4.18. The lowest BCUT2D eigenvalue weighted by molar-refractivity contribution is 0.479. The van der Waals surface area contributed by atoms with Crippen LogP contribution >= 0.6 is 11.6 Å². The molecule has 122 valence electrons. The molecular formula is C19H17ClN2O2. The zero-order valence-corrected chi connectivity index (χ0v) is 14.1. The van der Waals surface area contributed by atoms with Gasteiger partial charge in [-0.25, -0.2) is 0 Å². The highest BCUT2D eigenvalue weighted by Gasteiger charge is 2.14. The minimum Gasteiger partial charge on any atom is -0.507 e. The lowest BCUT2D eigenvalue weighted by Crippen LogP contribution is -2.05. The first-order valence-electron chi connectivity index (χ1n) is 7.45. The number of benzene rings is 2. The van der Waals surface area contributed by atoms with Gasteiger partial charge in [-0.15, -0.1) is 0 Å². The number of nitrogen functional groups attached to an aromatic ring is 1. The van der Waals surface area contributed by atoms with Crippen molar-refractivity contribution in [2.24, 2.45) is 0 Å². The van der Waals surface area contributed by atoms with E-state index in [1.807, 2.05) is 31.2 Å². The Morgan fingerprint density at radius 3 is 2.29 bits per heavy atom. The van der Waals surface area contributed by atoms with Crippen LogP contribution in [0.4, 0.5) is 5.69 Å². The van der Waals surface area contributed by atoms with E-state index in [1.165, 1.54) is 6.07 Å². The lowest BCUT2D eigenvalue weighted by atomic mass is 9.95. The van der Waals surface area contributed by atoms with Gasteiger partial charge in [0.2, 0.25) is 5.56 Å². The predicted molar refractivity (Wildman–Crippen MR) is 98.5 cm³/mol. The van der Waals surface area contributed by atoms with Crippen LogP contribution in [0, 0.1) is 13.8 Å². The molecule has 0 saturated heterocycles. The number of phenolic OH excluding ortho intramolecular Hbond substituents is 1. The van der Waals surface area contributed by atoms with E-state index in [1.54, 1.807) is 19.1 Å². The molecule has 0 atom stereocenters. The molecule has 24 heavy (non-hydrogen) atoms. The number of hydrogen-bond acceptors (Lipinski definition) is 3. The van der Waals surface area contributed by atoms with Gasteiger partial charge in [0.1, 0.15) is 5.75 Å². The summed E-state index contributed by atoms with van der Waals surface area (Å²) in [4.78, 5) is 14.5. The summed E-state index contributed by atoms with van der Waals surface area (Å²) in [5, 5.41) is 11.2. The standard InChI is InChI=1S/C19H17ClN2O2/c1-10-5-14(12-3-4-17(21)16(20)8-12)19(24)15(6-10)13-7-11(2)22-18(23)9-13/h3-9,24H,21H2,1-2H3,(H,22,23). The Labute approximate surface area is 144 Å². The van der Waals surface area contributed by atoms with E-state index >= 15 is 0 Å². The third kappa shape index (κ3) is 3.01. The van der Waals surface area contributed by atoms with Crippen molar-refractivity contribution in [3.8, 4) is 28.0 Å². The van der Waals surface area contributed by atoms with E-state index in [9.17, 15) is 9.90 Å². The lowest BCUT2D eigenvalue weighted by Gasteiger charge is -2.13. The number of anilines is 1. The van der Waals surface area contributed by atoms with Crippen LogP contribution in [0.1, 0.15) is 11.3 Å². The fraction of sp³-hybridized carbons (Fsp3) is 0.105. The normalized spacial score (nSPS) is 10.8. The summed E-state index contributed by atoms with van der Waals surface area (Å²) in [7, 11) is 0. The molecule has 0 fully saturated rings. The molecule has 4 nitrogen and oxygen atoms in total. The number of aromatic amines is 1. The van der Waals surface area contributed by atoms with Gasteiger partial charge in [0.05, 0.1) is 10.7 Å². The second-order valence-electron chi connectivity index (χ2n) is 5.86. The summed E-state index contributed by atoms with van der Waals surface area (Å²) in [6, 6.07) is 12.3. The van der Waals surface area contributed by atoms with Crippen molar-refractivity contribution < 1.29 is 5.11 Å². The van der Waals surface area contributed by atoms with Crippen LogP contribution in [0.3, 0.4) is 0 Å². The average Bonchev–Trinajstić information content (AvgIpc) is 2.51. The Bertz CT molecular complexity index is 993. The fourth-order valence-electron chi connectivity index (χ4n) is 2.75. The number of aromatic hydroxyl groups is 1. The van der Waals surface area contributed by atoms with Gasteiger partial charge in [-0.05, 0) is 60.9 Å². The zero-order valence-electron chi connectivity index (χ0n) is 13.4. The van der Waals surface area contributed by atoms with Gasteiger partial charge in [0, 0.05) is 22.9 Å². The number of nitrogens with one attached hydrogen (secondary N) is 1. The van der Waals surface area contributed by atoms with E-state index in [2.05, 4.69) is 4.98 Å². The maximum Gasteiger partial charge on any atom is 0.248 e. The van der Waals surface area contributed by atoms with Crippen molar-refractivity contribution in [3.63, 3.8) is 0 Å². The Kier molecular flexibility index (Phi) is 4.08. The molecule has 0 unspecified atom stereocenters. The molecule has 1 aromatic heterocycles. The number of rotatable bonds is 2. The monoisotopic (exact) mass is 340 g/mol. The maximum atomic E-state index is 11.7. The number of halogens is 1. The third-order valence-electron chi connectivity index (χ3n) is 3.86. The van der Waals surface area contributed by atoms with Crippen LogP contribution in [0.15, 0.2) is 47.3 Å². The van der Waals surface area contributed by atoms with Crippen LogP contribution in [-0.2, 0) is 0 Å². The summed E-state index contributed by atoms with van der Waals surface area (Å²) in [5.74, 6) is 0.103. The highest BCUT2D eigenvalue weighted by molar-refractivity contribution is 6.33. The molecule has 0 aliphatic heterocycles. The van der Waals surface area contributed by atoms with Crippen LogP contribution in [0.25, 0.3) is 22.3 Å². The Balaban J connectivity index is 2.25. The quantitative estimate of drug-likeness (QED) is 0.609. The number of H-pyrrole nitrogens is 1. The second-order valence-corrected chi connectivity index (χ2v) is 6.27. The summed E-state index contributed by atoms with van der Waals surface area (Å²) >= 11 is 6.10.